The van der Waals surface area contributed by atoms with Crippen LogP contribution in [0.25, 0.3) is 85.4 Å². The van der Waals surface area contributed by atoms with E-state index in [4.69, 9.17) is 56.4 Å². The molecule has 9 rings (SSSR count). The molecule has 0 saturated carbocycles. The van der Waals surface area contributed by atoms with Crippen LogP contribution in [0.2, 0.25) is 20.1 Å². The zero-order valence-corrected chi connectivity index (χ0v) is 30.3. The third kappa shape index (κ3) is 6.14. The molecule has 2 aliphatic rings. The molecule has 2 aliphatic heterocycles. The highest BCUT2D eigenvalue weighted by molar-refractivity contribution is 6.31. The van der Waals surface area contributed by atoms with Gasteiger partial charge in [0, 0.05) is 53.5 Å². The van der Waals surface area contributed by atoms with Gasteiger partial charge in [0.25, 0.3) is 0 Å². The number of hydrogen-bond donors (Lipinski definition) is 1. The highest BCUT2D eigenvalue weighted by Crippen LogP contribution is 2.47. The van der Waals surface area contributed by atoms with Gasteiger partial charge < -0.3 is 9.55 Å². The Kier molecular flexibility index (Phi) is 8.33. The molecule has 4 nitrogen and oxygen atoms in total. The van der Waals surface area contributed by atoms with Crippen LogP contribution in [0.5, 0.6) is 0 Å². The number of nitrogens with one attached hydrogen (secondary N) is 1. The Labute approximate surface area is 319 Å². The molecule has 8 bridgehead atoms. The van der Waals surface area contributed by atoms with Crippen molar-refractivity contribution in [1.82, 2.24) is 19.5 Å². The lowest BCUT2D eigenvalue weighted by Gasteiger charge is -2.14. The van der Waals surface area contributed by atoms with Gasteiger partial charge in [-0.25, -0.2) is 9.97 Å². The third-order valence-electron chi connectivity index (χ3n) is 9.15. The molecule has 0 unspecified atom stereocenters. The van der Waals surface area contributed by atoms with Gasteiger partial charge in [-0.15, -0.1) is 0 Å². The Morgan fingerprint density at radius 3 is 1.42 bits per heavy atom. The summed E-state index contributed by atoms with van der Waals surface area (Å²) >= 11 is 26.0. The molecular formula is C44H26Cl4N4. The number of aromatic amines is 1. The van der Waals surface area contributed by atoms with Crippen LogP contribution in [0.1, 0.15) is 22.8 Å². The second-order valence-electron chi connectivity index (χ2n) is 12.5. The molecule has 0 fully saturated rings. The van der Waals surface area contributed by atoms with Gasteiger partial charge in [-0.05, 0) is 132 Å². The van der Waals surface area contributed by atoms with E-state index in [1.807, 2.05) is 115 Å². The summed E-state index contributed by atoms with van der Waals surface area (Å²) < 4.78 is 2.28. The van der Waals surface area contributed by atoms with Gasteiger partial charge in [-0.2, -0.15) is 0 Å². The topological polar surface area (TPSA) is 46.5 Å². The summed E-state index contributed by atoms with van der Waals surface area (Å²) in [7, 11) is 0. The van der Waals surface area contributed by atoms with E-state index in [1.165, 1.54) is 0 Å². The van der Waals surface area contributed by atoms with E-state index in [1.54, 1.807) is 0 Å². The second kappa shape index (κ2) is 13.3. The lowest BCUT2D eigenvalue weighted by Crippen LogP contribution is -1.97. The number of nitrogens with zero attached hydrogens (tertiary/aromatic N) is 3. The highest BCUT2D eigenvalue weighted by atomic mass is 35.5. The fraction of sp³-hybridized carbons (Fsp3) is 0. The molecule has 0 aliphatic carbocycles. The number of halogens is 4. The molecule has 5 heterocycles. The van der Waals surface area contributed by atoms with Crippen LogP contribution in [0.3, 0.4) is 0 Å². The van der Waals surface area contributed by atoms with Crippen LogP contribution in [0.15, 0.2) is 127 Å². The smallest absolute Gasteiger partial charge is 0.0737 e. The van der Waals surface area contributed by atoms with Crippen LogP contribution in [-0.4, -0.2) is 19.5 Å². The van der Waals surface area contributed by atoms with Crippen LogP contribution >= 0.6 is 46.4 Å². The average Bonchev–Trinajstić information content (AvgIpc) is 3.95. The van der Waals surface area contributed by atoms with E-state index in [-0.39, 0.29) is 0 Å². The Morgan fingerprint density at radius 1 is 0.423 bits per heavy atom. The molecule has 250 valence electrons. The van der Waals surface area contributed by atoms with Gasteiger partial charge >= 0.3 is 0 Å². The van der Waals surface area contributed by atoms with E-state index < -0.39 is 0 Å². The zero-order valence-electron chi connectivity index (χ0n) is 27.3. The van der Waals surface area contributed by atoms with Crippen molar-refractivity contribution in [1.29, 1.82) is 0 Å². The maximum absolute atomic E-state index is 6.52. The van der Waals surface area contributed by atoms with Crippen molar-refractivity contribution in [2.24, 2.45) is 0 Å². The SMILES string of the molecule is Clc1ccc(-c2c(-c3ccc(Cl)cc3)c3c(-c4ccc(Cl)cc4)c4nc(cc5ccc(cc6nc(cc2n3-c2ccc(Cl)cc2)C=C6)[nH]5)C=C4)cc1. The Morgan fingerprint density at radius 2 is 0.865 bits per heavy atom. The minimum Gasteiger partial charge on any atom is -0.355 e. The zero-order chi connectivity index (χ0) is 35.3. The number of hydrogen-bond acceptors (Lipinski definition) is 2. The van der Waals surface area contributed by atoms with Gasteiger partial charge in [0.2, 0.25) is 0 Å². The standard InChI is InChI=1S/C44H26Cl4N4/c45-29-7-1-26(2-8-29)41-39-22-19-36(51-39)24-35-16-15-33(49-35)23-34-17-18-37(50-34)25-40-42(27-3-9-30(46)10-4-27)43(28-5-11-31(47)12-6-28)44(41)52(40)38-20-13-32(48)14-21-38/h1-25,49H. The summed E-state index contributed by atoms with van der Waals surface area (Å²) in [5, 5.41) is 2.57. The lowest BCUT2D eigenvalue weighted by atomic mass is 9.93. The first-order valence-electron chi connectivity index (χ1n) is 16.6. The van der Waals surface area contributed by atoms with E-state index in [0.717, 1.165) is 83.9 Å². The van der Waals surface area contributed by atoms with E-state index >= 15 is 0 Å². The Balaban J connectivity index is 1.60. The summed E-state index contributed by atoms with van der Waals surface area (Å²) in [6, 6.07) is 42.1. The van der Waals surface area contributed by atoms with Gasteiger partial charge in [0.05, 0.1) is 33.8 Å². The molecule has 0 atom stereocenters. The molecule has 0 radical (unpaired) electrons. The van der Waals surface area contributed by atoms with Crippen molar-refractivity contribution in [2.75, 3.05) is 0 Å². The molecule has 8 heteroatoms. The fourth-order valence-corrected chi connectivity index (χ4v) is 7.36. The van der Waals surface area contributed by atoms with Gasteiger partial charge in [-0.3, -0.25) is 0 Å². The van der Waals surface area contributed by atoms with Gasteiger partial charge in [0.15, 0.2) is 0 Å². The molecule has 0 spiro atoms. The number of aromatic nitrogens is 4. The molecule has 0 saturated heterocycles. The Hall–Kier alpha value is -5.36. The second-order valence-corrected chi connectivity index (χ2v) is 14.3. The molecule has 1 N–H and O–H groups in total. The van der Waals surface area contributed by atoms with E-state index in [0.29, 0.717) is 20.1 Å². The molecular weight excluding hydrogens is 726 g/mol. The van der Waals surface area contributed by atoms with Gasteiger partial charge in [0.1, 0.15) is 0 Å². The first kappa shape index (κ1) is 32.5. The summed E-state index contributed by atoms with van der Waals surface area (Å²) in [5.74, 6) is 0. The average molecular weight is 753 g/mol. The first-order valence-corrected chi connectivity index (χ1v) is 18.1. The number of fused-ring (bicyclic) bond motifs is 8. The number of rotatable bonds is 4. The van der Waals surface area contributed by atoms with Crippen LogP contribution in [0.4, 0.5) is 0 Å². The maximum atomic E-state index is 6.52. The summed E-state index contributed by atoms with van der Waals surface area (Å²) in [6.07, 6.45) is 8.19. The van der Waals surface area contributed by atoms with Gasteiger partial charge in [-0.1, -0.05) is 82.8 Å². The van der Waals surface area contributed by atoms with Crippen LogP contribution < -0.4 is 0 Å². The fourth-order valence-electron chi connectivity index (χ4n) is 6.86. The van der Waals surface area contributed by atoms with Crippen molar-refractivity contribution in [3.05, 3.63) is 170 Å². The molecule has 7 aromatic rings. The summed E-state index contributed by atoms with van der Waals surface area (Å²) in [5.41, 5.74) is 13.6. The predicted octanol–water partition coefficient (Wildman–Crippen LogP) is 13.7. The molecule has 4 aromatic carbocycles. The van der Waals surface area contributed by atoms with Crippen LogP contribution in [-0.2, 0) is 0 Å². The summed E-state index contributed by atoms with van der Waals surface area (Å²) in [6.45, 7) is 0. The first-order chi connectivity index (χ1) is 25.4. The largest absolute Gasteiger partial charge is 0.355 e. The third-order valence-corrected chi connectivity index (χ3v) is 10.2. The van der Waals surface area contributed by atoms with Crippen molar-refractivity contribution >= 4 is 92.8 Å². The van der Waals surface area contributed by atoms with Crippen molar-refractivity contribution < 1.29 is 0 Å². The molecule has 52 heavy (non-hydrogen) atoms. The summed E-state index contributed by atoms with van der Waals surface area (Å²) in [4.78, 5) is 13.8. The molecule has 0 amide bonds. The number of benzene rings is 4. The van der Waals surface area contributed by atoms with E-state index in [9.17, 15) is 0 Å². The van der Waals surface area contributed by atoms with Crippen molar-refractivity contribution in [3.63, 3.8) is 0 Å². The quantitative estimate of drug-likeness (QED) is 0.195. The van der Waals surface area contributed by atoms with Crippen molar-refractivity contribution in [3.8, 4) is 39.1 Å². The minimum atomic E-state index is 0.637. The van der Waals surface area contributed by atoms with E-state index in [2.05, 4.69) is 46.0 Å². The van der Waals surface area contributed by atoms with Crippen molar-refractivity contribution in [2.45, 2.75) is 0 Å². The normalized spacial score (nSPS) is 12.1. The molecule has 3 aromatic heterocycles. The lowest BCUT2D eigenvalue weighted by molar-refractivity contribution is 1.17. The Bertz CT molecular complexity index is 2740. The monoisotopic (exact) mass is 750 g/mol. The number of H-pyrrole nitrogens is 1. The maximum Gasteiger partial charge on any atom is 0.0737 e. The predicted molar refractivity (Wildman–Crippen MR) is 220 cm³/mol. The minimum absolute atomic E-state index is 0.637. The van der Waals surface area contributed by atoms with Crippen LogP contribution in [0, 0.1) is 0 Å². The highest BCUT2D eigenvalue weighted by Gasteiger charge is 2.25.